The summed E-state index contributed by atoms with van der Waals surface area (Å²) in [5.74, 6) is -0.560. The van der Waals surface area contributed by atoms with E-state index in [2.05, 4.69) is 17.2 Å². The van der Waals surface area contributed by atoms with Gasteiger partial charge in [0.2, 0.25) is 0 Å². The summed E-state index contributed by atoms with van der Waals surface area (Å²) >= 11 is 5.88. The lowest BCUT2D eigenvalue weighted by Crippen LogP contribution is -2.32. The fraction of sp³-hybridized carbons (Fsp3) is 0.0909. The summed E-state index contributed by atoms with van der Waals surface area (Å²) in [6, 6.07) is 4.45. The molecule has 84 valence electrons. The molecule has 0 aliphatic heterocycles. The van der Waals surface area contributed by atoms with Gasteiger partial charge in [-0.15, -0.1) is 0 Å². The predicted octanol–water partition coefficient (Wildman–Crippen LogP) is 2.48. The number of halogens is 1. The van der Waals surface area contributed by atoms with E-state index in [0.717, 1.165) is 11.6 Å². The Kier molecular flexibility index (Phi) is 4.08. The molecule has 0 saturated heterocycles. The summed E-state index contributed by atoms with van der Waals surface area (Å²) in [6.45, 7) is 5.09. The van der Waals surface area contributed by atoms with Crippen molar-refractivity contribution in [2.45, 2.75) is 6.92 Å². The number of rotatable bonds is 2. The first-order valence-corrected chi connectivity index (χ1v) is 4.91. The van der Waals surface area contributed by atoms with Crippen LogP contribution in [-0.4, -0.2) is 11.9 Å². The van der Waals surface area contributed by atoms with Gasteiger partial charge >= 0.3 is 6.03 Å². The van der Waals surface area contributed by atoms with Crippen molar-refractivity contribution in [3.8, 4) is 0 Å². The molecular formula is C11H11ClN2O2. The Balaban J connectivity index is 2.66. The van der Waals surface area contributed by atoms with Crippen LogP contribution in [0.1, 0.15) is 5.56 Å². The third-order valence-electron chi connectivity index (χ3n) is 1.85. The van der Waals surface area contributed by atoms with Crippen LogP contribution in [0.2, 0.25) is 5.02 Å². The van der Waals surface area contributed by atoms with E-state index in [-0.39, 0.29) is 0 Å². The van der Waals surface area contributed by atoms with Crippen LogP contribution >= 0.6 is 11.6 Å². The fourth-order valence-electron chi connectivity index (χ4n) is 0.996. The number of benzene rings is 1. The van der Waals surface area contributed by atoms with Crippen molar-refractivity contribution in [2.75, 3.05) is 5.32 Å². The van der Waals surface area contributed by atoms with E-state index in [4.69, 9.17) is 11.6 Å². The van der Waals surface area contributed by atoms with Crippen molar-refractivity contribution >= 4 is 29.2 Å². The van der Waals surface area contributed by atoms with Crippen LogP contribution in [0.5, 0.6) is 0 Å². The predicted molar refractivity (Wildman–Crippen MR) is 63.5 cm³/mol. The van der Waals surface area contributed by atoms with Crippen LogP contribution in [0.3, 0.4) is 0 Å². The molecule has 0 saturated carbocycles. The minimum atomic E-state index is -0.621. The first-order valence-electron chi connectivity index (χ1n) is 4.53. The second-order valence-corrected chi connectivity index (χ2v) is 3.52. The number of imide groups is 1. The maximum atomic E-state index is 11.2. The molecule has 0 aliphatic rings. The summed E-state index contributed by atoms with van der Waals surface area (Å²) in [5, 5.41) is 5.08. The Morgan fingerprint density at radius 1 is 1.44 bits per heavy atom. The fourth-order valence-corrected chi connectivity index (χ4v) is 1.18. The van der Waals surface area contributed by atoms with Crippen LogP contribution in [0.15, 0.2) is 30.9 Å². The number of hydrogen-bond acceptors (Lipinski definition) is 2. The van der Waals surface area contributed by atoms with E-state index in [9.17, 15) is 9.59 Å². The van der Waals surface area contributed by atoms with Crippen molar-refractivity contribution in [2.24, 2.45) is 0 Å². The lowest BCUT2D eigenvalue weighted by atomic mass is 10.2. The van der Waals surface area contributed by atoms with Gasteiger partial charge in [0.1, 0.15) is 0 Å². The smallest absolute Gasteiger partial charge is 0.308 e. The van der Waals surface area contributed by atoms with Crippen molar-refractivity contribution in [1.82, 2.24) is 5.32 Å². The molecular weight excluding hydrogens is 228 g/mol. The van der Waals surface area contributed by atoms with Gasteiger partial charge in [0, 0.05) is 10.7 Å². The van der Waals surface area contributed by atoms with Gasteiger partial charge in [-0.2, -0.15) is 0 Å². The quantitative estimate of drug-likeness (QED) is 0.778. The Hall–Kier alpha value is -1.81. The molecule has 1 aromatic rings. The average molecular weight is 239 g/mol. The maximum absolute atomic E-state index is 11.2. The van der Waals surface area contributed by atoms with Gasteiger partial charge in [0.05, 0.1) is 0 Å². The molecule has 0 spiro atoms. The number of carbonyl (C=O) groups excluding carboxylic acids is 2. The highest BCUT2D eigenvalue weighted by atomic mass is 35.5. The van der Waals surface area contributed by atoms with Gasteiger partial charge in [-0.1, -0.05) is 24.2 Å². The number of urea groups is 1. The molecule has 0 aliphatic carbocycles. The number of aryl methyl sites for hydroxylation is 1. The van der Waals surface area contributed by atoms with Crippen LogP contribution in [0.25, 0.3) is 0 Å². The summed E-state index contributed by atoms with van der Waals surface area (Å²) < 4.78 is 0. The van der Waals surface area contributed by atoms with E-state index in [1.54, 1.807) is 18.2 Å². The minimum Gasteiger partial charge on any atom is -0.308 e. The zero-order valence-electron chi connectivity index (χ0n) is 8.71. The van der Waals surface area contributed by atoms with Gasteiger partial charge in [-0.25, -0.2) is 4.79 Å². The van der Waals surface area contributed by atoms with Gasteiger partial charge in [-0.05, 0) is 30.7 Å². The number of carbonyl (C=O) groups is 2. The molecule has 0 atom stereocenters. The number of nitrogens with one attached hydrogen (secondary N) is 2. The normalized spacial score (nSPS) is 9.38. The maximum Gasteiger partial charge on any atom is 0.326 e. The molecule has 1 aromatic carbocycles. The van der Waals surface area contributed by atoms with Gasteiger partial charge in [0.15, 0.2) is 0 Å². The molecule has 2 N–H and O–H groups in total. The van der Waals surface area contributed by atoms with Gasteiger partial charge in [-0.3, -0.25) is 10.1 Å². The zero-order valence-corrected chi connectivity index (χ0v) is 9.47. The van der Waals surface area contributed by atoms with Crippen LogP contribution in [-0.2, 0) is 4.79 Å². The molecule has 0 heterocycles. The molecule has 0 aromatic heterocycles. The second kappa shape index (κ2) is 5.32. The monoisotopic (exact) mass is 238 g/mol. The largest absolute Gasteiger partial charge is 0.326 e. The van der Waals surface area contributed by atoms with Crippen LogP contribution in [0.4, 0.5) is 10.5 Å². The summed E-state index contributed by atoms with van der Waals surface area (Å²) in [5.41, 5.74) is 1.43. The third kappa shape index (κ3) is 3.40. The minimum absolute atomic E-state index is 0.518. The Morgan fingerprint density at radius 3 is 2.69 bits per heavy atom. The van der Waals surface area contributed by atoms with Gasteiger partial charge < -0.3 is 5.32 Å². The van der Waals surface area contributed by atoms with Crippen molar-refractivity contribution in [1.29, 1.82) is 0 Å². The number of amides is 3. The average Bonchev–Trinajstić information content (AvgIpc) is 2.23. The highest BCUT2D eigenvalue weighted by Gasteiger charge is 2.05. The Morgan fingerprint density at radius 2 is 2.12 bits per heavy atom. The SMILES string of the molecule is C=CC(=O)NC(=O)Nc1ccc(C)c(Cl)c1. The number of anilines is 1. The van der Waals surface area contributed by atoms with E-state index >= 15 is 0 Å². The molecule has 16 heavy (non-hydrogen) atoms. The molecule has 0 unspecified atom stereocenters. The van der Waals surface area contributed by atoms with E-state index < -0.39 is 11.9 Å². The van der Waals surface area contributed by atoms with Crippen molar-refractivity contribution < 1.29 is 9.59 Å². The zero-order chi connectivity index (χ0) is 12.1. The Bertz CT molecular complexity index is 444. The molecule has 1 rings (SSSR count). The van der Waals surface area contributed by atoms with Gasteiger partial charge in [0.25, 0.3) is 5.91 Å². The second-order valence-electron chi connectivity index (χ2n) is 3.11. The molecule has 0 fully saturated rings. The standard InChI is InChI=1S/C11H11ClN2O2/c1-3-10(15)14-11(16)13-8-5-4-7(2)9(12)6-8/h3-6H,1H2,2H3,(H2,13,14,15,16). The first-order chi connectivity index (χ1) is 7.52. The van der Waals surface area contributed by atoms with E-state index in [1.807, 2.05) is 6.92 Å². The third-order valence-corrected chi connectivity index (χ3v) is 2.26. The summed E-state index contributed by atoms with van der Waals surface area (Å²) in [6.07, 6.45) is 1.02. The topological polar surface area (TPSA) is 58.2 Å². The molecule has 5 heteroatoms. The van der Waals surface area contributed by atoms with E-state index in [0.29, 0.717) is 10.7 Å². The first kappa shape index (κ1) is 12.3. The van der Waals surface area contributed by atoms with Crippen LogP contribution in [0, 0.1) is 6.92 Å². The summed E-state index contributed by atoms with van der Waals surface area (Å²) in [4.78, 5) is 22.1. The Labute approximate surface area is 98.3 Å². The lowest BCUT2D eigenvalue weighted by molar-refractivity contribution is -0.115. The molecule has 0 bridgehead atoms. The van der Waals surface area contributed by atoms with Crippen molar-refractivity contribution in [3.05, 3.63) is 41.4 Å². The highest BCUT2D eigenvalue weighted by Crippen LogP contribution is 2.19. The summed E-state index contributed by atoms with van der Waals surface area (Å²) in [7, 11) is 0. The number of hydrogen-bond donors (Lipinski definition) is 2. The lowest BCUT2D eigenvalue weighted by Gasteiger charge is -2.06. The van der Waals surface area contributed by atoms with Crippen molar-refractivity contribution in [3.63, 3.8) is 0 Å². The highest BCUT2D eigenvalue weighted by molar-refractivity contribution is 6.31. The molecule has 0 radical (unpaired) electrons. The molecule has 3 amide bonds. The van der Waals surface area contributed by atoms with E-state index in [1.165, 1.54) is 0 Å². The molecule has 4 nitrogen and oxygen atoms in total. The van der Waals surface area contributed by atoms with Crippen LogP contribution < -0.4 is 10.6 Å².